The summed E-state index contributed by atoms with van der Waals surface area (Å²) in [4.78, 5) is 0. The number of hydrogen-bond donors (Lipinski definition) is 0. The van der Waals surface area contributed by atoms with Crippen molar-refractivity contribution in [2.45, 2.75) is 6.92 Å². The molecule has 0 spiro atoms. The molecule has 0 nitrogen and oxygen atoms in total. The molecule has 2 radical (unpaired) electrons. The topological polar surface area (TPSA) is 0 Å². The molecule has 0 saturated carbocycles. The van der Waals surface area contributed by atoms with Gasteiger partial charge in [0.05, 0.1) is 0 Å². The van der Waals surface area contributed by atoms with E-state index >= 15 is 0 Å². The molecule has 0 amide bonds. The van der Waals surface area contributed by atoms with Gasteiger partial charge in [0.1, 0.15) is 0 Å². The van der Waals surface area contributed by atoms with Crippen LogP contribution in [-0.4, -0.2) is 0 Å². The van der Waals surface area contributed by atoms with Crippen molar-refractivity contribution in [3.8, 4) is 11.8 Å². The fourth-order valence-electron chi connectivity index (χ4n) is 0.342. The second-order valence-corrected chi connectivity index (χ2v) is 1.50. The molecule has 1 rings (SSSR count). The minimum atomic E-state index is 1.76. The van der Waals surface area contributed by atoms with Gasteiger partial charge in [0.2, 0.25) is 0 Å². The molecular weight excluding hydrogens is 120 g/mol. The lowest BCUT2D eigenvalue weighted by molar-refractivity contribution is 1.70. The highest BCUT2D eigenvalue weighted by Gasteiger charge is 1.58. The first-order valence-electron chi connectivity index (χ1n) is 3.01. The van der Waals surface area contributed by atoms with Gasteiger partial charge in [-0.05, 0) is 13.0 Å². The van der Waals surface area contributed by atoms with Crippen molar-refractivity contribution in [1.29, 1.82) is 0 Å². The van der Waals surface area contributed by atoms with Gasteiger partial charge in [-0.25, -0.2) is 0 Å². The molecule has 0 aliphatic carbocycles. The van der Waals surface area contributed by atoms with Gasteiger partial charge >= 0.3 is 0 Å². The van der Waals surface area contributed by atoms with Crippen LogP contribution in [0.2, 0.25) is 0 Å². The van der Waals surface area contributed by atoms with E-state index in [1.807, 2.05) is 30.3 Å². The third-order valence-corrected chi connectivity index (χ3v) is 0.784. The number of hydrogen-bond acceptors (Lipinski definition) is 0. The lowest BCUT2D eigenvalue weighted by Gasteiger charge is -1.68. The normalized spacial score (nSPS) is 6.20. The Labute approximate surface area is 62.9 Å². The van der Waals surface area contributed by atoms with Gasteiger partial charge in [-0.1, -0.05) is 30.3 Å². The van der Waals surface area contributed by atoms with Crippen molar-refractivity contribution in [2.75, 3.05) is 0 Å². The second-order valence-electron chi connectivity index (χ2n) is 1.50. The molecule has 0 aliphatic rings. The Morgan fingerprint density at radius 1 is 1.20 bits per heavy atom. The molecule has 1 aromatic rings. The Morgan fingerprint density at radius 2 is 1.70 bits per heavy atom. The summed E-state index contributed by atoms with van der Waals surface area (Å²) >= 11 is 0. The largest absolute Gasteiger partial charge is 0.107 e. The highest BCUT2D eigenvalue weighted by Crippen LogP contribution is 1.78. The predicted octanol–water partition coefficient (Wildman–Crippen LogP) is 2.33. The molecule has 0 atom stereocenters. The van der Waals surface area contributed by atoms with E-state index in [9.17, 15) is 0 Å². The maximum Gasteiger partial charge on any atom is 0.0198 e. The fraction of sp³-hybridized carbons (Fsp3) is 0.100. The Kier molecular flexibility index (Phi) is 6.83. The first-order valence-corrected chi connectivity index (χ1v) is 3.01. The summed E-state index contributed by atoms with van der Waals surface area (Å²) < 4.78 is 0. The lowest BCUT2D eigenvalue weighted by atomic mass is 10.4. The highest BCUT2D eigenvalue weighted by atomic mass is 13.6. The summed E-state index contributed by atoms with van der Waals surface area (Å²) in [5.74, 6) is 5.00. The average molecular weight is 130 g/mol. The minimum Gasteiger partial charge on any atom is -0.107 e. The minimum absolute atomic E-state index is 1.76. The van der Waals surface area contributed by atoms with Crippen LogP contribution >= 0.6 is 0 Å². The molecule has 0 fully saturated rings. The zero-order valence-electron chi connectivity index (χ0n) is 6.09. The van der Waals surface area contributed by atoms with E-state index in [0.29, 0.717) is 0 Å². The van der Waals surface area contributed by atoms with Crippen LogP contribution in [0, 0.1) is 24.8 Å². The van der Waals surface area contributed by atoms with Crippen molar-refractivity contribution in [1.82, 2.24) is 0 Å². The molecule has 0 heteroatoms. The van der Waals surface area contributed by atoms with E-state index in [0.717, 1.165) is 0 Å². The lowest BCUT2D eigenvalue weighted by Crippen LogP contribution is -1.49. The van der Waals surface area contributed by atoms with E-state index in [4.69, 9.17) is 0 Å². The second kappa shape index (κ2) is 7.78. The van der Waals surface area contributed by atoms with Crippen molar-refractivity contribution >= 4 is 0 Å². The Morgan fingerprint density at radius 3 is 1.80 bits per heavy atom. The molecule has 0 saturated heterocycles. The van der Waals surface area contributed by atoms with Crippen LogP contribution < -0.4 is 0 Å². The Bertz CT molecular complexity index is 156. The standard InChI is InChI=1S/C6H5.C4H5/c1-2-4-6-5-3-1;1-3-4-2/h1-5H;1H2,2H3. The summed E-state index contributed by atoms with van der Waals surface area (Å²) in [6.45, 7) is 5.00. The number of benzene rings is 1. The monoisotopic (exact) mass is 130 g/mol. The van der Waals surface area contributed by atoms with Crippen molar-refractivity contribution in [3.05, 3.63) is 43.3 Å². The maximum atomic E-state index is 3.24. The summed E-state index contributed by atoms with van der Waals surface area (Å²) in [5.41, 5.74) is 0. The zero-order chi connectivity index (χ0) is 7.66. The van der Waals surface area contributed by atoms with Gasteiger partial charge in [0, 0.05) is 6.92 Å². The molecule has 0 N–H and O–H groups in total. The van der Waals surface area contributed by atoms with Crippen molar-refractivity contribution < 1.29 is 0 Å². The van der Waals surface area contributed by atoms with Gasteiger partial charge in [-0.3, -0.25) is 0 Å². The van der Waals surface area contributed by atoms with Gasteiger partial charge in [0.25, 0.3) is 0 Å². The molecule has 0 aromatic heterocycles. The van der Waals surface area contributed by atoms with E-state index in [-0.39, 0.29) is 0 Å². The van der Waals surface area contributed by atoms with Crippen LogP contribution in [0.4, 0.5) is 0 Å². The van der Waals surface area contributed by atoms with Crippen LogP contribution in [-0.2, 0) is 0 Å². The van der Waals surface area contributed by atoms with Gasteiger partial charge < -0.3 is 0 Å². The van der Waals surface area contributed by atoms with E-state index in [1.54, 1.807) is 6.92 Å². The van der Waals surface area contributed by atoms with Gasteiger partial charge in [-0.15, -0.1) is 11.8 Å². The summed E-state index contributed by atoms with van der Waals surface area (Å²) in [7, 11) is 0. The molecule has 0 aliphatic heterocycles. The molecule has 50 valence electrons. The van der Waals surface area contributed by atoms with E-state index in [2.05, 4.69) is 24.8 Å². The van der Waals surface area contributed by atoms with Crippen molar-refractivity contribution in [2.24, 2.45) is 0 Å². The fourth-order valence-corrected chi connectivity index (χ4v) is 0.342. The first-order chi connectivity index (χ1) is 4.91. The Hall–Kier alpha value is -1.22. The highest BCUT2D eigenvalue weighted by molar-refractivity contribution is 4.97. The van der Waals surface area contributed by atoms with Crippen LogP contribution in [0.15, 0.2) is 30.3 Å². The van der Waals surface area contributed by atoms with Crippen LogP contribution in [0.5, 0.6) is 0 Å². The Balaban J connectivity index is 0.000000180. The zero-order valence-corrected chi connectivity index (χ0v) is 6.09. The van der Waals surface area contributed by atoms with Gasteiger partial charge in [-0.2, -0.15) is 0 Å². The third-order valence-electron chi connectivity index (χ3n) is 0.784. The quantitative estimate of drug-likeness (QED) is 0.473. The summed E-state index contributed by atoms with van der Waals surface area (Å²) in [6, 6.07) is 12.5. The maximum absolute atomic E-state index is 3.24. The van der Waals surface area contributed by atoms with Crippen LogP contribution in [0.3, 0.4) is 0 Å². The molecule has 1 aromatic carbocycles. The number of rotatable bonds is 0. The van der Waals surface area contributed by atoms with Crippen LogP contribution in [0.25, 0.3) is 0 Å². The third kappa shape index (κ3) is 6.78. The molecule has 0 heterocycles. The average Bonchev–Trinajstić information content (AvgIpc) is 2.08. The predicted molar refractivity (Wildman–Crippen MR) is 44.1 cm³/mol. The molecule has 0 bridgehead atoms. The SMILES string of the molecule is [CH2]C#CC.[c]1ccccc1. The van der Waals surface area contributed by atoms with Crippen LogP contribution in [0.1, 0.15) is 6.92 Å². The molecular formula is C10H10. The van der Waals surface area contributed by atoms with Gasteiger partial charge in [0.15, 0.2) is 0 Å². The van der Waals surface area contributed by atoms with E-state index < -0.39 is 0 Å². The van der Waals surface area contributed by atoms with Crippen molar-refractivity contribution in [3.63, 3.8) is 0 Å². The molecule has 10 heavy (non-hydrogen) atoms. The summed E-state index contributed by atoms with van der Waals surface area (Å²) in [5, 5.41) is 0. The summed E-state index contributed by atoms with van der Waals surface area (Å²) in [6.07, 6.45) is 0. The van der Waals surface area contributed by atoms with E-state index in [1.165, 1.54) is 0 Å². The first kappa shape index (κ1) is 8.78. The molecule has 0 unspecified atom stereocenters. The smallest absolute Gasteiger partial charge is 0.0198 e.